The van der Waals surface area contributed by atoms with E-state index in [-0.39, 0.29) is 6.61 Å². The molecule has 2 atom stereocenters. The second kappa shape index (κ2) is 9.79. The maximum absolute atomic E-state index is 10.2. The van der Waals surface area contributed by atoms with Crippen molar-refractivity contribution in [1.29, 1.82) is 5.26 Å². The summed E-state index contributed by atoms with van der Waals surface area (Å²) in [6, 6.07) is 11.9. The summed E-state index contributed by atoms with van der Waals surface area (Å²) in [5.41, 5.74) is 4.73. The molecule has 2 aromatic rings. The maximum atomic E-state index is 10.2. The number of aromatic nitrogens is 2. The van der Waals surface area contributed by atoms with E-state index in [2.05, 4.69) is 45.1 Å². The fraction of sp³-hybridized carbons (Fsp3) is 0.433. The van der Waals surface area contributed by atoms with Crippen LogP contribution in [0.2, 0.25) is 0 Å². The number of fused-ring (bicyclic) bond motifs is 3. The number of hydrogen-bond acceptors (Lipinski definition) is 9. The maximum Gasteiger partial charge on any atom is 0.137 e. The predicted octanol–water partition coefficient (Wildman–Crippen LogP) is 3.21. The van der Waals surface area contributed by atoms with Gasteiger partial charge in [-0.2, -0.15) is 5.26 Å². The highest BCUT2D eigenvalue weighted by molar-refractivity contribution is 5.83. The number of piperazine rings is 1. The highest BCUT2D eigenvalue weighted by Crippen LogP contribution is 2.40. The molecular formula is C30H35N7O2. The van der Waals surface area contributed by atoms with Gasteiger partial charge in [-0.15, -0.1) is 0 Å². The summed E-state index contributed by atoms with van der Waals surface area (Å²) in [7, 11) is 1.94. The van der Waals surface area contributed by atoms with Crippen molar-refractivity contribution in [3.63, 3.8) is 0 Å². The molecule has 0 saturated carbocycles. The van der Waals surface area contributed by atoms with E-state index < -0.39 is 5.60 Å². The van der Waals surface area contributed by atoms with E-state index >= 15 is 0 Å². The molecule has 3 fully saturated rings. The van der Waals surface area contributed by atoms with Crippen molar-refractivity contribution < 1.29 is 9.84 Å². The lowest BCUT2D eigenvalue weighted by atomic mass is 9.87. The number of hydrazine groups is 1. The lowest BCUT2D eigenvalue weighted by Gasteiger charge is -2.56. The van der Waals surface area contributed by atoms with Crippen molar-refractivity contribution in [2.75, 3.05) is 38.2 Å². The van der Waals surface area contributed by atoms with Gasteiger partial charge in [-0.3, -0.25) is 14.9 Å². The smallest absolute Gasteiger partial charge is 0.137 e. The second-order valence-corrected chi connectivity index (χ2v) is 11.6. The van der Waals surface area contributed by atoms with Crippen LogP contribution in [0.1, 0.15) is 37.1 Å². The largest absolute Gasteiger partial charge is 0.489 e. The Morgan fingerprint density at radius 3 is 2.56 bits per heavy atom. The third kappa shape index (κ3) is 5.03. The third-order valence-electron chi connectivity index (χ3n) is 7.85. The van der Waals surface area contributed by atoms with Gasteiger partial charge >= 0.3 is 0 Å². The fourth-order valence-electron chi connectivity index (χ4n) is 5.82. The number of aliphatic hydroxyl groups is 1. The first kappa shape index (κ1) is 25.6. The number of likely N-dealkylation sites (N-methyl/N-ethyl adjacent to an activating group) is 1. The zero-order valence-corrected chi connectivity index (χ0v) is 23.0. The minimum Gasteiger partial charge on any atom is -0.489 e. The van der Waals surface area contributed by atoms with E-state index in [1.165, 1.54) is 12.0 Å². The summed E-state index contributed by atoms with van der Waals surface area (Å²) in [5.74, 6) is 1.61. The second-order valence-electron chi connectivity index (χ2n) is 11.6. The number of rotatable bonds is 7. The van der Waals surface area contributed by atoms with Crippen LogP contribution >= 0.6 is 0 Å². The number of allylic oxidation sites excluding steroid dienone is 2. The molecule has 5 aliphatic rings. The number of pyridine rings is 2. The van der Waals surface area contributed by atoms with Crippen LogP contribution in [0.25, 0.3) is 5.57 Å². The zero-order chi connectivity index (χ0) is 27.3. The van der Waals surface area contributed by atoms with Gasteiger partial charge in [-0.05, 0) is 57.0 Å². The molecule has 2 aromatic heterocycles. The molecule has 2 bridgehead atoms. The molecule has 1 N–H and O–H groups in total. The van der Waals surface area contributed by atoms with Crippen LogP contribution in [0.4, 0.5) is 5.82 Å². The van der Waals surface area contributed by atoms with Crippen molar-refractivity contribution in [2.45, 2.75) is 51.4 Å². The van der Waals surface area contributed by atoms with Gasteiger partial charge in [0, 0.05) is 68.0 Å². The molecule has 7 rings (SSSR count). The summed E-state index contributed by atoms with van der Waals surface area (Å²) < 4.78 is 5.94. The standard InChI is InChI=1S/C30H35N7O2/c1-20-5-6-21(12-32-20)14-36-24-9-25(36)17-35(16-24)28-8-7-22(13-33-28)27-10-26(39-19-30(2,3)38)18-37-29(27)23(11-31)15-34(37)4/h5-8,10,12-13,18,24-25,38H,9,14-17,19H2,1-4H3. The molecule has 9 nitrogen and oxygen atoms in total. The molecule has 3 saturated heterocycles. The Bertz CT molecular complexity index is 1370. The van der Waals surface area contributed by atoms with E-state index in [4.69, 9.17) is 9.72 Å². The number of ether oxygens (including phenoxy) is 1. The van der Waals surface area contributed by atoms with E-state index in [1.54, 1.807) is 13.8 Å². The number of nitrogens with zero attached hydrogens (tertiary/aromatic N) is 7. The average molecular weight is 526 g/mol. The van der Waals surface area contributed by atoms with Gasteiger partial charge in [0.2, 0.25) is 0 Å². The van der Waals surface area contributed by atoms with E-state index in [0.29, 0.717) is 30.0 Å². The Kier molecular flexibility index (Phi) is 6.42. The fourth-order valence-corrected chi connectivity index (χ4v) is 5.82. The number of hydrogen-bond donors (Lipinski definition) is 1. The number of aryl methyl sites for hydroxylation is 1. The van der Waals surface area contributed by atoms with Gasteiger partial charge in [0.25, 0.3) is 0 Å². The number of piperidine rings is 1. The minimum absolute atomic E-state index is 0.163. The summed E-state index contributed by atoms with van der Waals surface area (Å²) in [6.07, 6.45) is 8.94. The van der Waals surface area contributed by atoms with Crippen molar-refractivity contribution in [2.24, 2.45) is 0 Å². The van der Waals surface area contributed by atoms with Crippen molar-refractivity contribution in [1.82, 2.24) is 24.9 Å². The lowest BCUT2D eigenvalue weighted by molar-refractivity contribution is -0.00875. The number of nitriles is 1. The topological polar surface area (TPSA) is 92.0 Å². The molecule has 7 heterocycles. The van der Waals surface area contributed by atoms with E-state index in [0.717, 1.165) is 48.0 Å². The zero-order valence-electron chi connectivity index (χ0n) is 23.0. The van der Waals surface area contributed by atoms with Crippen LogP contribution in [-0.2, 0) is 11.3 Å². The van der Waals surface area contributed by atoms with Gasteiger partial charge < -0.3 is 14.7 Å². The first-order chi connectivity index (χ1) is 18.7. The molecule has 0 spiro atoms. The molecule has 0 aromatic carbocycles. The van der Waals surface area contributed by atoms with E-state index in [1.807, 2.05) is 48.7 Å². The first-order valence-corrected chi connectivity index (χ1v) is 13.5. The van der Waals surface area contributed by atoms with Crippen molar-refractivity contribution in [3.05, 3.63) is 82.8 Å². The molecular weight excluding hydrogens is 490 g/mol. The predicted molar refractivity (Wildman–Crippen MR) is 149 cm³/mol. The first-order valence-electron chi connectivity index (χ1n) is 13.5. The van der Waals surface area contributed by atoms with Crippen LogP contribution < -0.4 is 4.90 Å². The summed E-state index contributed by atoms with van der Waals surface area (Å²) in [6.45, 7) is 9.01. The van der Waals surface area contributed by atoms with Crippen LogP contribution in [0.15, 0.2) is 66.0 Å². The van der Waals surface area contributed by atoms with Gasteiger partial charge in [-0.25, -0.2) is 9.99 Å². The highest BCUT2D eigenvalue weighted by atomic mass is 16.5. The molecule has 202 valence electrons. The molecule has 0 radical (unpaired) electrons. The monoisotopic (exact) mass is 525 g/mol. The van der Waals surface area contributed by atoms with Crippen LogP contribution in [0.3, 0.4) is 0 Å². The van der Waals surface area contributed by atoms with Crippen LogP contribution in [0, 0.1) is 18.3 Å². The van der Waals surface area contributed by atoms with Gasteiger partial charge in [0.15, 0.2) is 0 Å². The SMILES string of the molecule is Cc1ccc(CN2C3CC2CN(c2ccc(C4=CC(OCC(C)(C)O)=CN5C4=C(C#N)CN5C)cn2)C3)cn1. The Labute approximate surface area is 229 Å². The van der Waals surface area contributed by atoms with Gasteiger partial charge in [0.1, 0.15) is 18.2 Å². The normalized spacial score (nSPS) is 23.2. The Morgan fingerprint density at radius 2 is 1.92 bits per heavy atom. The quantitative estimate of drug-likeness (QED) is 0.585. The van der Waals surface area contributed by atoms with Crippen LogP contribution in [0.5, 0.6) is 0 Å². The minimum atomic E-state index is -0.954. The highest BCUT2D eigenvalue weighted by Gasteiger charge is 2.44. The third-order valence-corrected chi connectivity index (χ3v) is 7.85. The molecule has 0 aliphatic carbocycles. The Morgan fingerprint density at radius 1 is 1.13 bits per heavy atom. The molecule has 9 heteroatoms. The summed E-state index contributed by atoms with van der Waals surface area (Å²) >= 11 is 0. The number of anilines is 1. The van der Waals surface area contributed by atoms with Gasteiger partial charge in [0.05, 0.1) is 35.7 Å². The van der Waals surface area contributed by atoms with Crippen molar-refractivity contribution in [3.8, 4) is 6.07 Å². The molecule has 39 heavy (non-hydrogen) atoms. The summed E-state index contributed by atoms with van der Waals surface area (Å²) in [5, 5.41) is 23.9. The van der Waals surface area contributed by atoms with E-state index in [9.17, 15) is 10.4 Å². The Balaban J connectivity index is 1.19. The summed E-state index contributed by atoms with van der Waals surface area (Å²) in [4.78, 5) is 14.3. The van der Waals surface area contributed by atoms with Crippen molar-refractivity contribution >= 4 is 11.4 Å². The average Bonchev–Trinajstić information content (AvgIpc) is 3.26. The van der Waals surface area contributed by atoms with Gasteiger partial charge in [-0.1, -0.05) is 6.07 Å². The molecule has 5 aliphatic heterocycles. The lowest BCUT2D eigenvalue weighted by Crippen LogP contribution is -2.68. The molecule has 2 unspecified atom stereocenters. The Hall–Kier alpha value is -3.71. The molecule has 0 amide bonds. The van der Waals surface area contributed by atoms with Crippen LogP contribution in [-0.4, -0.2) is 81.0 Å².